The van der Waals surface area contributed by atoms with Crippen LogP contribution in [0.25, 0.3) is 10.9 Å². The fourth-order valence-electron chi connectivity index (χ4n) is 7.92. The summed E-state index contributed by atoms with van der Waals surface area (Å²) >= 11 is 0. The van der Waals surface area contributed by atoms with E-state index in [4.69, 9.17) is 0 Å². The zero-order valence-corrected chi connectivity index (χ0v) is 24.9. The monoisotopic (exact) mass is 521 g/mol. The Morgan fingerprint density at radius 2 is 1.72 bits per heavy atom. The number of aromatic amines is 1. The van der Waals surface area contributed by atoms with Gasteiger partial charge in [-0.2, -0.15) is 0 Å². The number of hydrogen-bond acceptors (Lipinski definition) is 1. The Kier molecular flexibility index (Phi) is 7.00. The van der Waals surface area contributed by atoms with Crippen LogP contribution in [-0.2, 0) is 12.5 Å². The van der Waals surface area contributed by atoms with E-state index in [9.17, 15) is 0 Å². The molecule has 4 atom stereocenters. The van der Waals surface area contributed by atoms with Gasteiger partial charge < -0.3 is 14.5 Å². The van der Waals surface area contributed by atoms with E-state index in [0.29, 0.717) is 23.7 Å². The second-order valence-electron chi connectivity index (χ2n) is 13.5. The highest BCUT2D eigenvalue weighted by Crippen LogP contribution is 2.54. The summed E-state index contributed by atoms with van der Waals surface area (Å²) in [6.45, 7) is 15.6. The SMILES string of the molecule is CC(C)CCN1CCC2C(C1)CC(C)(c1cc3ccccc3n1C)c1[nH]c(C(C)C)cc1C2c1ccccc1. The number of nitrogens with one attached hydrogen (secondary N) is 1. The van der Waals surface area contributed by atoms with E-state index >= 15 is 0 Å². The van der Waals surface area contributed by atoms with Gasteiger partial charge in [-0.1, -0.05) is 76.2 Å². The predicted octanol–water partition coefficient (Wildman–Crippen LogP) is 8.46. The number of nitrogens with zero attached hydrogens (tertiary/aromatic N) is 2. The Hall–Kier alpha value is -2.78. The van der Waals surface area contributed by atoms with Gasteiger partial charge in [-0.25, -0.2) is 0 Å². The maximum absolute atomic E-state index is 4.07. The van der Waals surface area contributed by atoms with Crippen LogP contribution in [0.2, 0.25) is 0 Å². The summed E-state index contributed by atoms with van der Waals surface area (Å²) in [7, 11) is 2.28. The fourth-order valence-corrected chi connectivity index (χ4v) is 7.92. The number of fused-ring (bicyclic) bond motifs is 3. The van der Waals surface area contributed by atoms with Crippen LogP contribution in [0.4, 0.5) is 0 Å². The predicted molar refractivity (Wildman–Crippen MR) is 165 cm³/mol. The van der Waals surface area contributed by atoms with Crippen molar-refractivity contribution in [2.75, 3.05) is 19.6 Å². The molecule has 1 aliphatic carbocycles. The van der Waals surface area contributed by atoms with Crippen molar-refractivity contribution in [3.8, 4) is 0 Å². The van der Waals surface area contributed by atoms with Crippen LogP contribution >= 0.6 is 0 Å². The van der Waals surface area contributed by atoms with Gasteiger partial charge in [0.15, 0.2) is 0 Å². The first-order valence-corrected chi connectivity index (χ1v) is 15.3. The molecule has 1 N–H and O–H groups in total. The summed E-state index contributed by atoms with van der Waals surface area (Å²) in [5.41, 5.74) is 8.53. The van der Waals surface area contributed by atoms with Crippen LogP contribution < -0.4 is 0 Å². The normalized spacial score (nSPS) is 25.7. The molecule has 1 fully saturated rings. The minimum atomic E-state index is -0.0935. The molecule has 1 aliphatic heterocycles. The Morgan fingerprint density at radius 1 is 0.974 bits per heavy atom. The first kappa shape index (κ1) is 26.4. The second kappa shape index (κ2) is 10.3. The van der Waals surface area contributed by atoms with Crippen LogP contribution in [0.5, 0.6) is 0 Å². The zero-order valence-electron chi connectivity index (χ0n) is 24.9. The van der Waals surface area contributed by atoms with E-state index in [1.165, 1.54) is 72.4 Å². The molecule has 3 heterocycles. The average molecular weight is 522 g/mol. The lowest BCUT2D eigenvalue weighted by molar-refractivity contribution is 0.0931. The molecule has 0 amide bonds. The van der Waals surface area contributed by atoms with Crippen LogP contribution in [0.15, 0.2) is 66.7 Å². The number of aryl methyl sites for hydroxylation is 1. The third-order valence-electron chi connectivity index (χ3n) is 10.1. The van der Waals surface area contributed by atoms with Crippen molar-refractivity contribution >= 4 is 10.9 Å². The minimum Gasteiger partial charge on any atom is -0.361 e. The van der Waals surface area contributed by atoms with Crippen molar-refractivity contribution in [1.29, 1.82) is 0 Å². The largest absolute Gasteiger partial charge is 0.361 e. The highest BCUT2D eigenvalue weighted by molar-refractivity contribution is 5.82. The smallest absolute Gasteiger partial charge is 0.0484 e. The molecule has 39 heavy (non-hydrogen) atoms. The molecule has 0 radical (unpaired) electrons. The first-order chi connectivity index (χ1) is 18.8. The number of likely N-dealkylation sites (tertiary alicyclic amines) is 1. The van der Waals surface area contributed by atoms with Crippen LogP contribution in [0.3, 0.4) is 0 Å². The third kappa shape index (κ3) is 4.67. The van der Waals surface area contributed by atoms with E-state index < -0.39 is 0 Å². The number of benzene rings is 2. The number of para-hydroxylation sites is 1. The second-order valence-corrected chi connectivity index (χ2v) is 13.5. The summed E-state index contributed by atoms with van der Waals surface area (Å²) in [5, 5.41) is 1.34. The van der Waals surface area contributed by atoms with E-state index in [1.54, 1.807) is 5.56 Å². The lowest BCUT2D eigenvalue weighted by Crippen LogP contribution is -2.44. The van der Waals surface area contributed by atoms with Gasteiger partial charge in [0.25, 0.3) is 0 Å². The highest BCUT2D eigenvalue weighted by atomic mass is 15.1. The van der Waals surface area contributed by atoms with Gasteiger partial charge in [0.2, 0.25) is 0 Å². The Bertz CT molecular complexity index is 1420. The third-order valence-corrected chi connectivity index (χ3v) is 10.1. The molecule has 206 valence electrons. The molecule has 4 unspecified atom stereocenters. The molecule has 4 aromatic rings. The van der Waals surface area contributed by atoms with Crippen molar-refractivity contribution in [3.63, 3.8) is 0 Å². The van der Waals surface area contributed by atoms with E-state index in [-0.39, 0.29) is 5.41 Å². The first-order valence-electron chi connectivity index (χ1n) is 15.3. The maximum atomic E-state index is 4.07. The van der Waals surface area contributed by atoms with Gasteiger partial charge in [-0.15, -0.1) is 0 Å². The van der Waals surface area contributed by atoms with Gasteiger partial charge in [0, 0.05) is 47.5 Å². The molecule has 0 bridgehead atoms. The van der Waals surface area contributed by atoms with Crippen molar-refractivity contribution in [1.82, 2.24) is 14.5 Å². The zero-order chi connectivity index (χ0) is 27.3. The molecule has 0 spiro atoms. The molecule has 2 aromatic heterocycles. The quantitative estimate of drug-likeness (QED) is 0.270. The van der Waals surface area contributed by atoms with Gasteiger partial charge in [-0.3, -0.25) is 0 Å². The van der Waals surface area contributed by atoms with Gasteiger partial charge >= 0.3 is 0 Å². The number of hydrogen-bond donors (Lipinski definition) is 1. The van der Waals surface area contributed by atoms with Crippen molar-refractivity contribution in [2.45, 2.75) is 71.1 Å². The molecule has 3 nitrogen and oxygen atoms in total. The maximum Gasteiger partial charge on any atom is 0.0484 e. The standard InChI is InChI=1S/C36H47N3/c1-24(2)16-18-39-19-17-29-28(23-39)22-36(5,33-20-27-14-10-11-15-32(27)38(33)6)35-30(21-31(37-35)25(3)4)34(29)26-12-8-7-9-13-26/h7-15,20-21,24-25,28-29,34,37H,16-19,22-23H2,1-6H3. The molecule has 0 saturated carbocycles. The molecule has 6 rings (SSSR count). The average Bonchev–Trinajstić information content (AvgIpc) is 3.50. The summed E-state index contributed by atoms with van der Waals surface area (Å²) in [6.07, 6.45) is 3.74. The number of H-pyrrole nitrogens is 1. The molecule has 1 saturated heterocycles. The minimum absolute atomic E-state index is 0.0935. The summed E-state index contributed by atoms with van der Waals surface area (Å²) in [6, 6.07) is 25.4. The summed E-state index contributed by atoms with van der Waals surface area (Å²) < 4.78 is 2.48. The van der Waals surface area contributed by atoms with E-state index in [2.05, 4.69) is 123 Å². The van der Waals surface area contributed by atoms with Crippen molar-refractivity contribution < 1.29 is 0 Å². The molecule has 3 heteroatoms. The Labute approximate surface area is 235 Å². The van der Waals surface area contributed by atoms with Gasteiger partial charge in [-0.05, 0) is 97.7 Å². The lowest BCUT2D eigenvalue weighted by Gasteiger charge is -2.43. The van der Waals surface area contributed by atoms with Crippen LogP contribution in [-0.4, -0.2) is 34.1 Å². The van der Waals surface area contributed by atoms with Crippen molar-refractivity contribution in [2.24, 2.45) is 24.8 Å². The van der Waals surface area contributed by atoms with Gasteiger partial charge in [0.1, 0.15) is 0 Å². The van der Waals surface area contributed by atoms with Crippen molar-refractivity contribution in [3.05, 3.63) is 94.9 Å². The fraction of sp³-hybridized carbons (Fsp3) is 0.500. The van der Waals surface area contributed by atoms with Crippen LogP contribution in [0.1, 0.15) is 93.9 Å². The lowest BCUT2D eigenvalue weighted by atomic mass is 9.70. The van der Waals surface area contributed by atoms with E-state index in [0.717, 1.165) is 5.92 Å². The topological polar surface area (TPSA) is 24.0 Å². The number of aromatic nitrogens is 2. The molecular formula is C36H47N3. The highest BCUT2D eigenvalue weighted by Gasteiger charge is 2.48. The van der Waals surface area contributed by atoms with Crippen LogP contribution in [0, 0.1) is 17.8 Å². The molecule has 2 aliphatic rings. The summed E-state index contributed by atoms with van der Waals surface area (Å²) in [4.78, 5) is 6.85. The van der Waals surface area contributed by atoms with E-state index in [1.807, 2.05) is 0 Å². The number of piperidine rings is 1. The Morgan fingerprint density at radius 3 is 2.44 bits per heavy atom. The Balaban J connectivity index is 1.54. The summed E-state index contributed by atoms with van der Waals surface area (Å²) in [5.74, 6) is 2.94. The molecule has 2 aromatic carbocycles. The number of rotatable bonds is 6. The van der Waals surface area contributed by atoms with Gasteiger partial charge in [0.05, 0.1) is 0 Å². The molecular weight excluding hydrogens is 474 g/mol.